The molecule has 0 saturated carbocycles. The van der Waals surface area contributed by atoms with E-state index in [1.807, 2.05) is 0 Å². The van der Waals surface area contributed by atoms with Crippen molar-refractivity contribution in [2.75, 3.05) is 24.6 Å². The molecule has 0 amide bonds. The molecule has 100 valence electrons. The Morgan fingerprint density at radius 2 is 2.44 bits per heavy atom. The number of morpholine rings is 1. The van der Waals surface area contributed by atoms with Gasteiger partial charge in [-0.15, -0.1) is 0 Å². The average molecular weight is 268 g/mol. The predicted molar refractivity (Wildman–Crippen MR) is 73.8 cm³/mol. The van der Waals surface area contributed by atoms with E-state index in [0.29, 0.717) is 5.92 Å². The number of aromatic nitrogens is 1. The number of nitrogens with zero attached hydrogens (tertiary/aromatic N) is 2. The summed E-state index contributed by atoms with van der Waals surface area (Å²) in [7, 11) is 0. The third-order valence-electron chi connectivity index (χ3n) is 3.37. The smallest absolute Gasteiger partial charge is 0.186 e. The van der Waals surface area contributed by atoms with Crippen molar-refractivity contribution in [3.63, 3.8) is 0 Å². The molecular weight excluding hydrogens is 248 g/mol. The summed E-state index contributed by atoms with van der Waals surface area (Å²) >= 11 is 1.50. The lowest BCUT2D eigenvalue weighted by Crippen LogP contribution is -2.41. The van der Waals surface area contributed by atoms with Gasteiger partial charge in [0.05, 0.1) is 23.3 Å². The Balaban J connectivity index is 2.23. The molecular formula is C13H20N2O2S. The summed E-state index contributed by atoms with van der Waals surface area (Å²) in [6, 6.07) is 0. The third-order valence-corrected chi connectivity index (χ3v) is 4.42. The van der Waals surface area contributed by atoms with Crippen LogP contribution in [0.15, 0.2) is 0 Å². The minimum atomic E-state index is 0.231. The van der Waals surface area contributed by atoms with Crippen molar-refractivity contribution in [2.24, 2.45) is 0 Å². The van der Waals surface area contributed by atoms with E-state index in [1.165, 1.54) is 11.3 Å². The topological polar surface area (TPSA) is 42.4 Å². The average Bonchev–Trinajstić information content (AvgIpc) is 2.82. The van der Waals surface area contributed by atoms with Gasteiger partial charge in [0.25, 0.3) is 0 Å². The molecule has 1 fully saturated rings. The number of rotatable bonds is 4. The summed E-state index contributed by atoms with van der Waals surface area (Å²) in [5.74, 6) is 0.341. The standard InChI is InChI=1S/C13H20N2O2S/c1-4-9(2)12-11(8-16)18-13(14-12)15-5-6-17-10(3)7-15/h8-10H,4-7H2,1-3H3. The maximum atomic E-state index is 11.1. The van der Waals surface area contributed by atoms with Crippen LogP contribution in [-0.4, -0.2) is 37.1 Å². The molecule has 4 nitrogen and oxygen atoms in total. The zero-order valence-corrected chi connectivity index (χ0v) is 12.0. The monoisotopic (exact) mass is 268 g/mol. The van der Waals surface area contributed by atoms with E-state index in [4.69, 9.17) is 4.74 Å². The molecule has 0 spiro atoms. The van der Waals surface area contributed by atoms with Crippen LogP contribution in [0.25, 0.3) is 0 Å². The molecule has 2 heterocycles. The summed E-state index contributed by atoms with van der Waals surface area (Å²) in [6.07, 6.45) is 2.17. The molecule has 0 radical (unpaired) electrons. The number of thiazole rings is 1. The number of carbonyl (C=O) groups excluding carboxylic acids is 1. The van der Waals surface area contributed by atoms with Gasteiger partial charge in [0, 0.05) is 13.1 Å². The maximum Gasteiger partial charge on any atom is 0.186 e. The van der Waals surface area contributed by atoms with Crippen molar-refractivity contribution in [1.82, 2.24) is 4.98 Å². The van der Waals surface area contributed by atoms with E-state index in [2.05, 4.69) is 30.7 Å². The number of ether oxygens (including phenoxy) is 1. The van der Waals surface area contributed by atoms with Crippen molar-refractivity contribution < 1.29 is 9.53 Å². The molecule has 1 aliphatic rings. The van der Waals surface area contributed by atoms with Crippen LogP contribution in [0.2, 0.25) is 0 Å². The van der Waals surface area contributed by atoms with Crippen molar-refractivity contribution in [2.45, 2.75) is 39.2 Å². The minimum Gasteiger partial charge on any atom is -0.375 e. The zero-order valence-electron chi connectivity index (χ0n) is 11.2. The summed E-state index contributed by atoms with van der Waals surface area (Å²) in [5, 5.41) is 0.961. The summed E-state index contributed by atoms with van der Waals surface area (Å²) in [6.45, 7) is 8.75. The predicted octanol–water partition coefficient (Wildman–Crippen LogP) is 2.69. The van der Waals surface area contributed by atoms with Crippen LogP contribution < -0.4 is 4.90 Å². The van der Waals surface area contributed by atoms with Crippen molar-refractivity contribution in [1.29, 1.82) is 0 Å². The fourth-order valence-electron chi connectivity index (χ4n) is 2.09. The Morgan fingerprint density at radius 3 is 3.06 bits per heavy atom. The van der Waals surface area contributed by atoms with Gasteiger partial charge in [-0.1, -0.05) is 25.2 Å². The molecule has 0 bridgehead atoms. The molecule has 18 heavy (non-hydrogen) atoms. The molecule has 5 heteroatoms. The lowest BCUT2D eigenvalue weighted by Gasteiger charge is -2.30. The lowest BCUT2D eigenvalue weighted by atomic mass is 10.0. The maximum absolute atomic E-state index is 11.1. The first-order valence-corrected chi connectivity index (χ1v) is 7.29. The summed E-state index contributed by atoms with van der Waals surface area (Å²) in [5.41, 5.74) is 0.951. The fraction of sp³-hybridized carbons (Fsp3) is 0.692. The highest BCUT2D eigenvalue weighted by atomic mass is 32.1. The molecule has 2 atom stereocenters. The van der Waals surface area contributed by atoms with E-state index in [9.17, 15) is 4.79 Å². The zero-order chi connectivity index (χ0) is 13.1. The van der Waals surface area contributed by atoms with Crippen LogP contribution in [0, 0.1) is 0 Å². The van der Waals surface area contributed by atoms with E-state index >= 15 is 0 Å². The van der Waals surface area contributed by atoms with Gasteiger partial charge >= 0.3 is 0 Å². The van der Waals surface area contributed by atoms with Crippen LogP contribution >= 0.6 is 11.3 Å². The quantitative estimate of drug-likeness (QED) is 0.787. The number of hydrogen-bond acceptors (Lipinski definition) is 5. The molecule has 0 aliphatic carbocycles. The molecule has 2 unspecified atom stereocenters. The molecule has 1 aromatic rings. The van der Waals surface area contributed by atoms with Gasteiger partial charge in [-0.3, -0.25) is 4.79 Å². The summed E-state index contributed by atoms with van der Waals surface area (Å²) < 4.78 is 5.53. The SMILES string of the molecule is CCC(C)c1nc(N2CCOC(C)C2)sc1C=O. The van der Waals surface area contributed by atoms with Crippen molar-refractivity contribution in [3.05, 3.63) is 10.6 Å². The molecule has 2 rings (SSSR count). The largest absolute Gasteiger partial charge is 0.375 e. The first kappa shape index (κ1) is 13.5. The van der Waals surface area contributed by atoms with E-state index in [1.54, 1.807) is 0 Å². The highest BCUT2D eigenvalue weighted by Crippen LogP contribution is 2.31. The first-order valence-electron chi connectivity index (χ1n) is 6.48. The Morgan fingerprint density at radius 1 is 1.67 bits per heavy atom. The molecule has 1 saturated heterocycles. The van der Waals surface area contributed by atoms with Gasteiger partial charge < -0.3 is 9.64 Å². The Hall–Kier alpha value is -0.940. The summed E-state index contributed by atoms with van der Waals surface area (Å²) in [4.78, 5) is 18.8. The van der Waals surface area contributed by atoms with Crippen molar-refractivity contribution in [3.8, 4) is 0 Å². The lowest BCUT2D eigenvalue weighted by molar-refractivity contribution is 0.0532. The molecule has 1 aromatic heterocycles. The van der Waals surface area contributed by atoms with E-state index in [-0.39, 0.29) is 6.10 Å². The van der Waals surface area contributed by atoms with Crippen LogP contribution in [0.1, 0.15) is 48.5 Å². The van der Waals surface area contributed by atoms with Gasteiger partial charge in [-0.2, -0.15) is 0 Å². The van der Waals surface area contributed by atoms with Gasteiger partial charge in [-0.05, 0) is 19.3 Å². The second kappa shape index (κ2) is 5.80. The highest BCUT2D eigenvalue weighted by Gasteiger charge is 2.23. The van der Waals surface area contributed by atoms with Crippen LogP contribution in [0.4, 0.5) is 5.13 Å². The minimum absolute atomic E-state index is 0.231. The normalized spacial score (nSPS) is 21.9. The number of carbonyl (C=O) groups is 1. The van der Waals surface area contributed by atoms with E-state index < -0.39 is 0 Å². The van der Waals surface area contributed by atoms with Gasteiger partial charge in [0.2, 0.25) is 0 Å². The van der Waals surface area contributed by atoms with Gasteiger partial charge in [-0.25, -0.2) is 4.98 Å². The third kappa shape index (κ3) is 2.72. The Bertz CT molecular complexity index is 419. The number of hydrogen-bond donors (Lipinski definition) is 0. The second-order valence-corrected chi connectivity index (χ2v) is 5.81. The second-order valence-electron chi connectivity index (χ2n) is 4.80. The molecule has 0 N–H and O–H groups in total. The van der Waals surface area contributed by atoms with Crippen molar-refractivity contribution >= 4 is 22.8 Å². The molecule has 0 aromatic carbocycles. The Kier molecular flexibility index (Phi) is 4.35. The molecule has 1 aliphatic heterocycles. The van der Waals surface area contributed by atoms with Gasteiger partial charge in [0.1, 0.15) is 0 Å². The fourth-order valence-corrected chi connectivity index (χ4v) is 3.12. The first-order chi connectivity index (χ1) is 8.65. The number of anilines is 1. The van der Waals surface area contributed by atoms with Gasteiger partial charge in [0.15, 0.2) is 11.4 Å². The number of aldehydes is 1. The Labute approximate surface area is 112 Å². The van der Waals surface area contributed by atoms with E-state index in [0.717, 1.165) is 48.1 Å². The van der Waals surface area contributed by atoms with Crippen LogP contribution in [-0.2, 0) is 4.74 Å². The highest BCUT2D eigenvalue weighted by molar-refractivity contribution is 7.17. The van der Waals surface area contributed by atoms with Crippen LogP contribution in [0.3, 0.4) is 0 Å². The van der Waals surface area contributed by atoms with Crippen LogP contribution in [0.5, 0.6) is 0 Å².